The van der Waals surface area contributed by atoms with Gasteiger partial charge in [-0.1, -0.05) is 40.2 Å². The van der Waals surface area contributed by atoms with Gasteiger partial charge in [0, 0.05) is 29.8 Å². The number of rotatable bonds is 4. The predicted octanol–water partition coefficient (Wildman–Crippen LogP) is 3.99. The van der Waals surface area contributed by atoms with E-state index < -0.39 is 0 Å². The summed E-state index contributed by atoms with van der Waals surface area (Å²) in [7, 11) is 0. The van der Waals surface area contributed by atoms with Crippen LogP contribution in [0.4, 0.5) is 0 Å². The number of hydrogen-bond donors (Lipinski definition) is 1. The summed E-state index contributed by atoms with van der Waals surface area (Å²) in [6.07, 6.45) is 4.62. The summed E-state index contributed by atoms with van der Waals surface area (Å²) in [6.45, 7) is 0.756. The number of halogens is 1. The first-order chi connectivity index (χ1) is 10.2. The molecule has 0 fully saturated rings. The maximum Gasteiger partial charge on any atom is 0.115 e. The highest BCUT2D eigenvalue weighted by molar-refractivity contribution is 9.10. The van der Waals surface area contributed by atoms with Gasteiger partial charge in [0.05, 0.1) is 0 Å². The molecule has 3 nitrogen and oxygen atoms in total. The van der Waals surface area contributed by atoms with Crippen LogP contribution in [0.15, 0.2) is 65.4 Å². The highest BCUT2D eigenvalue weighted by atomic mass is 79.9. The lowest BCUT2D eigenvalue weighted by Crippen LogP contribution is -2.05. The summed E-state index contributed by atoms with van der Waals surface area (Å²) < 4.78 is 3.22. The number of phenols is 1. The van der Waals surface area contributed by atoms with Crippen molar-refractivity contribution in [2.24, 2.45) is 0 Å². The van der Waals surface area contributed by atoms with Crippen LogP contribution in [-0.4, -0.2) is 14.7 Å². The van der Waals surface area contributed by atoms with Crippen LogP contribution < -0.4 is 0 Å². The molecule has 1 aromatic heterocycles. The molecule has 3 rings (SSSR count). The minimum absolute atomic E-state index is 0.291. The van der Waals surface area contributed by atoms with Crippen molar-refractivity contribution >= 4 is 15.9 Å². The number of hydrogen-bond acceptors (Lipinski definition) is 2. The zero-order chi connectivity index (χ0) is 14.7. The standard InChI is InChI=1S/C17H15BrN2O/c18-15-5-1-13(2-6-15)11-17-19-9-10-20(17)12-14-3-7-16(21)8-4-14/h1-10,21H,11-12H2. The maximum atomic E-state index is 9.33. The van der Waals surface area contributed by atoms with E-state index in [2.05, 4.69) is 37.6 Å². The summed E-state index contributed by atoms with van der Waals surface area (Å²) in [6, 6.07) is 15.6. The quantitative estimate of drug-likeness (QED) is 0.778. The van der Waals surface area contributed by atoms with E-state index in [9.17, 15) is 5.11 Å². The minimum Gasteiger partial charge on any atom is -0.508 e. The fraction of sp³-hybridized carbons (Fsp3) is 0.118. The monoisotopic (exact) mass is 342 g/mol. The Balaban J connectivity index is 1.77. The average Bonchev–Trinajstić information content (AvgIpc) is 2.91. The minimum atomic E-state index is 0.291. The Kier molecular flexibility index (Phi) is 4.06. The lowest BCUT2D eigenvalue weighted by Gasteiger charge is -2.08. The van der Waals surface area contributed by atoms with Crippen LogP contribution in [-0.2, 0) is 13.0 Å². The van der Waals surface area contributed by atoms with Gasteiger partial charge in [-0.3, -0.25) is 0 Å². The molecule has 0 atom stereocenters. The average molecular weight is 343 g/mol. The van der Waals surface area contributed by atoms with Crippen molar-refractivity contribution in [3.05, 3.63) is 82.3 Å². The second-order valence-electron chi connectivity index (χ2n) is 4.94. The van der Waals surface area contributed by atoms with Crippen molar-refractivity contribution in [3.8, 4) is 5.75 Å². The first-order valence-electron chi connectivity index (χ1n) is 6.73. The van der Waals surface area contributed by atoms with E-state index in [1.54, 1.807) is 12.1 Å². The third-order valence-corrected chi connectivity index (χ3v) is 3.90. The SMILES string of the molecule is Oc1ccc(Cn2ccnc2Cc2ccc(Br)cc2)cc1. The van der Waals surface area contributed by atoms with Gasteiger partial charge in [0.2, 0.25) is 0 Å². The van der Waals surface area contributed by atoms with Crippen LogP contribution in [0.1, 0.15) is 17.0 Å². The largest absolute Gasteiger partial charge is 0.508 e. The van der Waals surface area contributed by atoms with Crippen LogP contribution >= 0.6 is 15.9 Å². The van der Waals surface area contributed by atoms with Gasteiger partial charge in [0.25, 0.3) is 0 Å². The molecule has 0 bridgehead atoms. The van der Waals surface area contributed by atoms with Crippen LogP contribution in [0, 0.1) is 0 Å². The maximum absolute atomic E-state index is 9.33. The molecule has 1 heterocycles. The summed E-state index contributed by atoms with van der Waals surface area (Å²) in [4.78, 5) is 4.45. The van der Waals surface area contributed by atoms with E-state index in [1.165, 1.54) is 5.56 Å². The normalized spacial score (nSPS) is 10.7. The van der Waals surface area contributed by atoms with E-state index in [0.717, 1.165) is 28.8 Å². The van der Waals surface area contributed by atoms with E-state index in [1.807, 2.05) is 36.7 Å². The molecule has 0 spiro atoms. The fourth-order valence-corrected chi connectivity index (χ4v) is 2.50. The summed E-state index contributed by atoms with van der Waals surface area (Å²) in [5.41, 5.74) is 2.37. The second-order valence-corrected chi connectivity index (χ2v) is 5.86. The number of nitrogens with zero attached hydrogens (tertiary/aromatic N) is 2. The van der Waals surface area contributed by atoms with Gasteiger partial charge in [-0.05, 0) is 35.4 Å². The Labute approximate surface area is 132 Å². The molecule has 106 valence electrons. The molecule has 0 aliphatic rings. The molecular formula is C17H15BrN2O. The molecule has 0 unspecified atom stereocenters. The van der Waals surface area contributed by atoms with E-state index in [-0.39, 0.29) is 0 Å². The molecule has 0 radical (unpaired) electrons. The van der Waals surface area contributed by atoms with Gasteiger partial charge in [-0.15, -0.1) is 0 Å². The number of aromatic hydroxyl groups is 1. The van der Waals surface area contributed by atoms with Gasteiger partial charge in [-0.25, -0.2) is 4.98 Å². The van der Waals surface area contributed by atoms with Crippen LogP contribution in [0.25, 0.3) is 0 Å². The van der Waals surface area contributed by atoms with Gasteiger partial charge in [0.15, 0.2) is 0 Å². The first kappa shape index (κ1) is 13.9. The Bertz CT molecular complexity index is 655. The van der Waals surface area contributed by atoms with Gasteiger partial charge in [0.1, 0.15) is 11.6 Å². The van der Waals surface area contributed by atoms with E-state index >= 15 is 0 Å². The molecule has 0 saturated carbocycles. The Hall–Kier alpha value is -2.07. The number of imidazole rings is 1. The Morgan fingerprint density at radius 1 is 0.952 bits per heavy atom. The molecule has 0 aliphatic heterocycles. The number of aromatic nitrogens is 2. The molecule has 21 heavy (non-hydrogen) atoms. The summed E-state index contributed by atoms with van der Waals surface area (Å²) in [5.74, 6) is 1.32. The van der Waals surface area contributed by atoms with Crippen LogP contribution in [0.2, 0.25) is 0 Å². The highest BCUT2D eigenvalue weighted by Gasteiger charge is 2.05. The summed E-state index contributed by atoms with van der Waals surface area (Å²) in [5, 5.41) is 9.33. The molecular weight excluding hydrogens is 328 g/mol. The van der Waals surface area contributed by atoms with Gasteiger partial charge in [-0.2, -0.15) is 0 Å². The van der Waals surface area contributed by atoms with Crippen molar-refractivity contribution in [1.82, 2.24) is 9.55 Å². The molecule has 4 heteroatoms. The Morgan fingerprint density at radius 2 is 1.62 bits per heavy atom. The molecule has 0 saturated heterocycles. The topological polar surface area (TPSA) is 38.0 Å². The van der Waals surface area contributed by atoms with E-state index in [4.69, 9.17) is 0 Å². The predicted molar refractivity (Wildman–Crippen MR) is 86.4 cm³/mol. The third kappa shape index (κ3) is 3.52. The first-order valence-corrected chi connectivity index (χ1v) is 7.52. The molecule has 0 amide bonds. The lowest BCUT2D eigenvalue weighted by atomic mass is 10.1. The Morgan fingerprint density at radius 3 is 2.33 bits per heavy atom. The zero-order valence-corrected chi connectivity index (χ0v) is 13.0. The van der Waals surface area contributed by atoms with Crippen molar-refractivity contribution in [2.45, 2.75) is 13.0 Å². The zero-order valence-electron chi connectivity index (χ0n) is 11.4. The van der Waals surface area contributed by atoms with Crippen LogP contribution in [0.3, 0.4) is 0 Å². The lowest BCUT2D eigenvalue weighted by molar-refractivity contribution is 0.475. The van der Waals surface area contributed by atoms with Crippen molar-refractivity contribution in [2.75, 3.05) is 0 Å². The number of benzene rings is 2. The van der Waals surface area contributed by atoms with Crippen molar-refractivity contribution < 1.29 is 5.11 Å². The van der Waals surface area contributed by atoms with E-state index in [0.29, 0.717) is 5.75 Å². The molecule has 0 aliphatic carbocycles. The van der Waals surface area contributed by atoms with Crippen LogP contribution in [0.5, 0.6) is 5.75 Å². The summed E-state index contributed by atoms with van der Waals surface area (Å²) >= 11 is 3.45. The van der Waals surface area contributed by atoms with Gasteiger partial charge < -0.3 is 9.67 Å². The molecule has 3 aromatic rings. The molecule has 2 aromatic carbocycles. The van der Waals surface area contributed by atoms with Crippen molar-refractivity contribution in [3.63, 3.8) is 0 Å². The third-order valence-electron chi connectivity index (χ3n) is 3.37. The highest BCUT2D eigenvalue weighted by Crippen LogP contribution is 2.15. The van der Waals surface area contributed by atoms with Gasteiger partial charge >= 0.3 is 0 Å². The number of phenolic OH excluding ortho intramolecular Hbond substituents is 1. The van der Waals surface area contributed by atoms with Crippen molar-refractivity contribution in [1.29, 1.82) is 0 Å². The second kappa shape index (κ2) is 6.14. The molecule has 1 N–H and O–H groups in total. The smallest absolute Gasteiger partial charge is 0.115 e. The fourth-order valence-electron chi connectivity index (χ4n) is 2.23.